The van der Waals surface area contributed by atoms with Gasteiger partial charge in [-0.05, 0) is 64.9 Å². The summed E-state index contributed by atoms with van der Waals surface area (Å²) in [6, 6.07) is 35.2. The molecule has 0 bridgehead atoms. The van der Waals surface area contributed by atoms with Crippen molar-refractivity contribution in [3.8, 4) is 17.6 Å². The van der Waals surface area contributed by atoms with Gasteiger partial charge >= 0.3 is 6.72 Å². The van der Waals surface area contributed by atoms with Crippen LogP contribution in [0.1, 0.15) is 59.8 Å². The monoisotopic (exact) mass is 1190 g/mol. The van der Waals surface area contributed by atoms with Crippen LogP contribution in [0.3, 0.4) is 0 Å². The second-order valence-corrected chi connectivity index (χ2v) is 22.6. The molecule has 0 saturated carbocycles. The minimum atomic E-state index is -4.12. The lowest BCUT2D eigenvalue weighted by Gasteiger charge is -2.37. The molecule has 5 unspecified atom stereocenters. The molecular weight excluding hydrogens is 1130 g/mol. The van der Waals surface area contributed by atoms with Crippen LogP contribution in [0.15, 0.2) is 133 Å². The van der Waals surface area contributed by atoms with E-state index in [4.69, 9.17) is 58.5 Å². The molecule has 2 aliphatic rings. The van der Waals surface area contributed by atoms with E-state index < -0.39 is 91.3 Å². The molecule has 10 rings (SSSR count). The summed E-state index contributed by atoms with van der Waals surface area (Å²) >= 11 is 6.25. The zero-order valence-electron chi connectivity index (χ0n) is 46.3. The molecule has 84 heavy (non-hydrogen) atoms. The second-order valence-electron chi connectivity index (χ2n) is 19.6. The van der Waals surface area contributed by atoms with Crippen molar-refractivity contribution in [2.75, 3.05) is 58.9 Å². The number of rotatable bonds is 24. The van der Waals surface area contributed by atoms with E-state index in [1.54, 1.807) is 63.0 Å². The van der Waals surface area contributed by atoms with Crippen LogP contribution in [0, 0.1) is 17.2 Å². The number of aliphatic hydroxyl groups excluding tert-OH is 1. The van der Waals surface area contributed by atoms with Gasteiger partial charge in [0.05, 0.1) is 59.2 Å². The number of H-pyrrole nitrogens is 1. The highest BCUT2D eigenvalue weighted by Gasteiger charge is 2.53. The number of ether oxygens (including phenoxy) is 7. The Morgan fingerprint density at radius 2 is 1.35 bits per heavy atom. The molecule has 0 aliphatic carbocycles. The van der Waals surface area contributed by atoms with E-state index in [9.17, 15) is 24.8 Å². The van der Waals surface area contributed by atoms with Crippen LogP contribution in [0.5, 0.6) is 11.5 Å². The molecule has 2 amide bonds. The SMILES string of the molecule is COc1ccc(C(OC[C@H]2O[C@@H](n3cnc4c(=O)[nH]c(NC(=O)C(C)C)nc43)C(OC)C2OP(=S)(OCCC#N)OC[C@H]2O[C@@H](n3cnc4c(NC(=O)c5ccccc5)ncnc43)C(OC)C2O)(c2ccccc2)c2ccc(OC)cc2)cc1. The van der Waals surface area contributed by atoms with Crippen LogP contribution in [-0.2, 0) is 59.5 Å². The van der Waals surface area contributed by atoms with E-state index in [1.807, 2.05) is 78.9 Å². The zero-order valence-corrected chi connectivity index (χ0v) is 48.0. The topological polar surface area (TPSA) is 302 Å². The number of hydrogen-bond acceptors (Lipinski definition) is 21. The second kappa shape index (κ2) is 25.9. The Hall–Kier alpha value is -7.90. The lowest BCUT2D eigenvalue weighted by Crippen LogP contribution is -2.41. The van der Waals surface area contributed by atoms with Gasteiger partial charge in [-0.3, -0.25) is 38.3 Å². The minimum absolute atomic E-state index is 0.0288. The van der Waals surface area contributed by atoms with E-state index in [2.05, 4.69) is 46.6 Å². The Morgan fingerprint density at radius 3 is 1.96 bits per heavy atom. The van der Waals surface area contributed by atoms with Crippen LogP contribution >= 0.6 is 6.72 Å². The van der Waals surface area contributed by atoms with Crippen molar-refractivity contribution in [2.24, 2.45) is 5.92 Å². The predicted molar refractivity (Wildman–Crippen MR) is 306 cm³/mol. The number of nitriles is 1. The number of fused-ring (bicyclic) bond motifs is 2. The Labute approximate surface area is 486 Å². The number of carbonyl (C=O) groups is 2. The average molecular weight is 1190 g/mol. The van der Waals surface area contributed by atoms with Crippen molar-refractivity contribution < 1.29 is 61.4 Å². The Kier molecular flexibility index (Phi) is 18.3. The molecule has 4 N–H and O–H groups in total. The number of carbonyl (C=O) groups excluding carboxylic acids is 2. The third-order valence-corrected chi connectivity index (χ3v) is 16.6. The number of amides is 2. The lowest BCUT2D eigenvalue weighted by molar-refractivity contribution is -0.118. The van der Waals surface area contributed by atoms with Gasteiger partial charge in [0, 0.05) is 25.7 Å². The van der Waals surface area contributed by atoms with Crippen molar-refractivity contribution in [3.63, 3.8) is 0 Å². The largest absolute Gasteiger partial charge is 0.497 e. The summed E-state index contributed by atoms with van der Waals surface area (Å²) in [5.41, 5.74) is 0.997. The van der Waals surface area contributed by atoms with E-state index in [-0.39, 0.29) is 53.7 Å². The molecule has 8 aromatic rings. The highest BCUT2D eigenvalue weighted by Crippen LogP contribution is 2.55. The molecule has 0 spiro atoms. The Balaban J connectivity index is 1.01. The van der Waals surface area contributed by atoms with E-state index in [0.717, 1.165) is 5.56 Å². The van der Waals surface area contributed by atoms with Gasteiger partial charge in [0.1, 0.15) is 60.1 Å². The van der Waals surface area contributed by atoms with Gasteiger partial charge in [0.15, 0.2) is 40.6 Å². The summed E-state index contributed by atoms with van der Waals surface area (Å²) in [6.07, 6.45) is -5.38. The number of nitrogens with zero attached hydrogens (tertiary/aromatic N) is 8. The number of imidazole rings is 2. The first kappa shape index (κ1) is 59.3. The molecule has 25 nitrogen and oxygen atoms in total. The van der Waals surface area contributed by atoms with Gasteiger partial charge in [-0.1, -0.05) is 86.6 Å². The van der Waals surface area contributed by atoms with E-state index in [0.29, 0.717) is 28.2 Å². The highest BCUT2D eigenvalue weighted by atomic mass is 32.5. The average Bonchev–Trinajstić information content (AvgIpc) is 2.97. The molecule has 6 heterocycles. The molecule has 2 saturated heterocycles. The molecule has 4 aromatic carbocycles. The normalized spacial score (nSPS) is 21.3. The van der Waals surface area contributed by atoms with Crippen molar-refractivity contribution in [3.05, 3.63) is 161 Å². The number of aliphatic hydroxyl groups is 1. The number of hydrogen-bond donors (Lipinski definition) is 4. The molecule has 9 atom stereocenters. The van der Waals surface area contributed by atoms with Crippen molar-refractivity contribution in [1.82, 2.24) is 39.0 Å². The summed E-state index contributed by atoms with van der Waals surface area (Å²) in [7, 11) is 5.99. The standard InChI is InChI=1S/C57H60N11O14PS/c1-33(2)51(70)65-56-64-50-43(53(72)66-56)62-32-68(50)55-47(76-6)45(41(81-55)28-77-57(35-16-11-8-12-17-35,36-18-22-38(73-3)23-19-36)37-20-24-39(74-4)25-21-37)82-83(84,78-27-13-26-58)79-29-40-44(69)46(75-5)54(80-40)67-31-61-42-48(59-30-60-49(42)67)63-52(71)34-14-9-7-10-15-34/h7-12,14-25,30-33,40-41,44-47,54-55,69H,13,27-29H2,1-6H3,(H,59,60,63,71)(H2,64,65,66,70,72)/t40-,41-,44?,45?,46?,47?,54-,55-,83?/m1/s1. The van der Waals surface area contributed by atoms with Crippen LogP contribution in [0.4, 0.5) is 11.8 Å². The molecule has 2 fully saturated rings. The summed E-state index contributed by atoms with van der Waals surface area (Å²) < 4.78 is 66.9. The molecule has 2 aliphatic heterocycles. The van der Waals surface area contributed by atoms with Gasteiger partial charge in [-0.15, -0.1) is 0 Å². The van der Waals surface area contributed by atoms with Crippen molar-refractivity contribution >= 4 is 64.4 Å². The van der Waals surface area contributed by atoms with Gasteiger partial charge in [-0.2, -0.15) is 10.2 Å². The first-order valence-electron chi connectivity index (χ1n) is 26.5. The lowest BCUT2D eigenvalue weighted by atomic mass is 9.80. The quantitative estimate of drug-likeness (QED) is 0.0282. The zero-order chi connectivity index (χ0) is 59.1. The summed E-state index contributed by atoms with van der Waals surface area (Å²) in [5, 5.41) is 27.1. The van der Waals surface area contributed by atoms with Gasteiger partial charge < -0.3 is 52.6 Å². The maximum Gasteiger partial charge on any atom is 0.327 e. The van der Waals surface area contributed by atoms with Crippen LogP contribution in [0.2, 0.25) is 0 Å². The molecule has 4 aromatic heterocycles. The molecule has 0 radical (unpaired) electrons. The first-order valence-corrected chi connectivity index (χ1v) is 29.1. The minimum Gasteiger partial charge on any atom is -0.497 e. The van der Waals surface area contributed by atoms with Crippen LogP contribution in [0.25, 0.3) is 22.3 Å². The number of aromatic amines is 1. The highest BCUT2D eigenvalue weighted by molar-refractivity contribution is 8.07. The maximum atomic E-state index is 13.6. The van der Waals surface area contributed by atoms with Gasteiger partial charge in [0.2, 0.25) is 11.9 Å². The summed E-state index contributed by atoms with van der Waals surface area (Å²) in [4.78, 5) is 64.4. The number of anilines is 2. The fourth-order valence-corrected chi connectivity index (χ4v) is 12.1. The summed E-state index contributed by atoms with van der Waals surface area (Å²) in [5.74, 6) is -0.0286. The first-order chi connectivity index (χ1) is 40.7. The number of methoxy groups -OCH3 is 4. The molecular formula is C57H60N11O14PS. The Morgan fingerprint density at radius 1 is 0.750 bits per heavy atom. The van der Waals surface area contributed by atoms with E-state index in [1.165, 1.54) is 37.8 Å². The van der Waals surface area contributed by atoms with E-state index >= 15 is 0 Å². The smallest absolute Gasteiger partial charge is 0.327 e. The third-order valence-electron chi connectivity index (χ3n) is 14.3. The summed E-state index contributed by atoms with van der Waals surface area (Å²) in [6.45, 7) is -1.67. The van der Waals surface area contributed by atoms with Crippen molar-refractivity contribution in [1.29, 1.82) is 5.26 Å². The molecule has 27 heteroatoms. The third kappa shape index (κ3) is 12.1. The fourth-order valence-electron chi connectivity index (χ4n) is 10.0. The van der Waals surface area contributed by atoms with Crippen LogP contribution in [-0.4, -0.2) is 141 Å². The number of aromatic nitrogens is 8. The van der Waals surface area contributed by atoms with Gasteiger partial charge in [-0.25, -0.2) is 19.9 Å². The Bertz CT molecular complexity index is 3690. The molecule has 438 valence electrons. The predicted octanol–water partition coefficient (Wildman–Crippen LogP) is 6.57. The number of nitrogens with one attached hydrogen (secondary N) is 3. The van der Waals surface area contributed by atoms with Crippen molar-refractivity contribution in [2.45, 2.75) is 74.9 Å². The maximum absolute atomic E-state index is 13.6. The number of benzene rings is 4. The van der Waals surface area contributed by atoms with Crippen LogP contribution < -0.4 is 25.7 Å². The van der Waals surface area contributed by atoms with Gasteiger partial charge in [0.25, 0.3) is 11.5 Å². The fraction of sp³-hybridized carbons (Fsp3) is 0.351.